The molecule has 598 valence electrons. The molecule has 29 heteroatoms. The highest BCUT2D eigenvalue weighted by atomic mass is 32.2. The number of benzene rings is 3. The van der Waals surface area contributed by atoms with Crippen molar-refractivity contribution < 1.29 is 75.6 Å². The second kappa shape index (κ2) is 41.5. The number of guanidine groups is 1. The molecule has 5 rings (SSSR count). The number of amides is 5. The first-order valence-electron chi connectivity index (χ1n) is 37.8. The Kier molecular flexibility index (Phi) is 34.8. The number of unbranched alkanes of at least 4 members (excludes halogenated alkanes) is 5. The van der Waals surface area contributed by atoms with E-state index in [-0.39, 0.29) is 106 Å². The van der Waals surface area contributed by atoms with Crippen LogP contribution in [0.4, 0.5) is 0 Å². The van der Waals surface area contributed by atoms with E-state index in [4.69, 9.17) is 18.9 Å². The second-order valence-corrected chi connectivity index (χ2v) is 33.5. The van der Waals surface area contributed by atoms with Crippen molar-refractivity contribution in [3.8, 4) is 5.75 Å². The zero-order valence-corrected chi connectivity index (χ0v) is 67.6. The monoisotopic (exact) mass is 1520 g/mol. The summed E-state index contributed by atoms with van der Waals surface area (Å²) in [5, 5.41) is 25.4. The molecule has 0 saturated carbocycles. The lowest BCUT2D eigenvalue weighted by atomic mass is 9.94. The molecule has 0 bridgehead atoms. The molecular weight excluding hydrogens is 1390 g/mol. The van der Waals surface area contributed by atoms with E-state index < -0.39 is 80.2 Å². The number of rotatable bonds is 35. The third-order valence-corrected chi connectivity index (χ3v) is 19.7. The van der Waals surface area contributed by atoms with Gasteiger partial charge in [-0.25, -0.2) is 17.9 Å². The molecule has 0 aliphatic carbocycles. The molecule has 3 aromatic rings. The molecule has 28 nitrogen and oxygen atoms in total. The normalized spacial score (nSPS) is 15.8. The molecule has 2 atom stereocenters. The van der Waals surface area contributed by atoms with Crippen LogP contribution in [0.5, 0.6) is 5.75 Å². The number of fused-ring (bicyclic) bond motifs is 2. The molecule has 7 N–H and O–H groups in total. The number of carbonyl (C=O) groups excluding carboxylic acids is 8. The maximum atomic E-state index is 14.6. The largest absolute Gasteiger partial charge is 0.487 e. The minimum Gasteiger partial charge on any atom is -0.487 e. The van der Waals surface area contributed by atoms with Crippen LogP contribution in [0.15, 0.2) is 46.3 Å². The number of carbonyl (C=O) groups is 9. The van der Waals surface area contributed by atoms with Gasteiger partial charge in [-0.2, -0.15) is 0 Å². The standard InChI is InChI=1S/C78H124N12O16S/c1-18-19-21-33-63(91)83-62(31-24-27-36-79-64(92)49-87-40-42-88(50-65(93)103-75(5,6)7)44-46-90(52-67(95)105-77(11,12)13)47-45-89(43-41-87)51-66(94)104-76(8,9)10)72(98)84-61(71(97)81-38-26-20-25-37-80-70(96)58-34-35-59(73(99)100)57-30-23-22-29-56(57)58)32-28-39-82-74(86(16)17)85-107(101,102)69-54(3)53(2)68-60(55(69)4)48-78(14,15)106-68/h22-23,29-30,34-35,61-62H,18-21,24-28,31-33,36-52H2,1-17H3,(H,79,92)(H,80,96)(H,81,97)(H,82,85)(H,83,91)(H,84,98)(H,99,100)/t61-,62-/m0/s1. The summed E-state index contributed by atoms with van der Waals surface area (Å²) in [7, 11) is -0.869. The molecule has 1 saturated heterocycles. The number of nitrogens with zero attached hydrogens (tertiary/aromatic N) is 6. The molecule has 3 aromatic carbocycles. The quantitative estimate of drug-likeness (QED) is 0.0103. The highest BCUT2D eigenvalue weighted by Gasteiger charge is 2.38. The van der Waals surface area contributed by atoms with Crippen LogP contribution in [0.2, 0.25) is 0 Å². The average Bonchev–Trinajstić information content (AvgIpc) is 1.62. The van der Waals surface area contributed by atoms with E-state index >= 15 is 0 Å². The summed E-state index contributed by atoms with van der Waals surface area (Å²) in [6.07, 6.45) is 5.85. The zero-order valence-electron chi connectivity index (χ0n) is 66.8. The Morgan fingerprint density at radius 2 is 1.04 bits per heavy atom. The van der Waals surface area contributed by atoms with Crippen molar-refractivity contribution in [2.24, 2.45) is 4.99 Å². The number of aliphatic imine (C=N–C) groups is 1. The minimum atomic E-state index is -4.19. The molecule has 1 fully saturated rings. The predicted octanol–water partition coefficient (Wildman–Crippen LogP) is 6.95. The molecule has 5 amide bonds. The lowest BCUT2D eigenvalue weighted by molar-refractivity contribution is -0.158. The zero-order chi connectivity index (χ0) is 79.6. The third-order valence-electron chi connectivity index (χ3n) is 18.1. The summed E-state index contributed by atoms with van der Waals surface area (Å²) in [6, 6.07) is 7.54. The van der Waals surface area contributed by atoms with E-state index in [2.05, 4.69) is 36.3 Å². The van der Waals surface area contributed by atoms with Crippen molar-refractivity contribution in [2.45, 2.75) is 227 Å². The van der Waals surface area contributed by atoms with Gasteiger partial charge >= 0.3 is 23.9 Å². The van der Waals surface area contributed by atoms with Crippen molar-refractivity contribution >= 4 is 80.2 Å². The highest BCUT2D eigenvalue weighted by Crippen LogP contribution is 2.44. The van der Waals surface area contributed by atoms with Gasteiger partial charge in [-0.15, -0.1) is 0 Å². The fourth-order valence-corrected chi connectivity index (χ4v) is 14.4. The smallest absolute Gasteiger partial charge is 0.336 e. The lowest BCUT2D eigenvalue weighted by Crippen LogP contribution is -2.54. The van der Waals surface area contributed by atoms with Gasteiger partial charge in [0.1, 0.15) is 40.2 Å². The summed E-state index contributed by atoms with van der Waals surface area (Å²) in [5.74, 6) is -3.66. The van der Waals surface area contributed by atoms with E-state index in [1.807, 2.05) is 47.3 Å². The van der Waals surface area contributed by atoms with Crippen LogP contribution in [0.25, 0.3) is 10.8 Å². The van der Waals surface area contributed by atoms with Crippen LogP contribution >= 0.6 is 0 Å². The fraction of sp³-hybridized carbons (Fsp3) is 0.667. The van der Waals surface area contributed by atoms with Crippen molar-refractivity contribution in [2.75, 3.05) is 119 Å². The van der Waals surface area contributed by atoms with Gasteiger partial charge in [-0.05, 0) is 194 Å². The summed E-state index contributed by atoms with van der Waals surface area (Å²) < 4.78 is 54.8. The third kappa shape index (κ3) is 31.3. The Morgan fingerprint density at radius 3 is 1.54 bits per heavy atom. The van der Waals surface area contributed by atoms with Crippen LogP contribution in [0, 0.1) is 20.8 Å². The molecule has 2 aliphatic heterocycles. The number of hydrogen-bond acceptors (Lipinski definition) is 20. The topological polar surface area (TPSA) is 346 Å². The molecular formula is C78H124N12O16S. The van der Waals surface area contributed by atoms with Gasteiger partial charge in [0, 0.05) is 117 Å². The van der Waals surface area contributed by atoms with Crippen molar-refractivity contribution in [3.63, 3.8) is 0 Å². The van der Waals surface area contributed by atoms with Crippen molar-refractivity contribution in [1.29, 1.82) is 0 Å². The molecule has 0 spiro atoms. The SMILES string of the molecule is CCCCCC(=O)N[C@@H](CCCCNC(=O)CN1CCN(CC(=O)OC(C)(C)C)CCN(CC(=O)OC(C)(C)C)CCN(CC(=O)OC(C)(C)C)CC1)C(=O)N[C@@H](CCCN=C(NS(=O)(=O)c1c(C)c(C)c2c(c1C)CC(C)(C)O2)N(C)C)C(=O)NCCCCCNC(=O)c1ccc(C(=O)O)c2ccccc12. The summed E-state index contributed by atoms with van der Waals surface area (Å²) in [5.41, 5.74) is 0.469. The van der Waals surface area contributed by atoms with Gasteiger partial charge in [0.2, 0.25) is 29.6 Å². The van der Waals surface area contributed by atoms with Crippen LogP contribution < -0.4 is 36.0 Å². The van der Waals surface area contributed by atoms with E-state index in [9.17, 15) is 56.7 Å². The highest BCUT2D eigenvalue weighted by molar-refractivity contribution is 7.90. The van der Waals surface area contributed by atoms with Gasteiger partial charge in [0.25, 0.3) is 15.9 Å². The summed E-state index contributed by atoms with van der Waals surface area (Å²) in [6.45, 7) is 31.1. The van der Waals surface area contributed by atoms with E-state index in [1.54, 1.807) is 119 Å². The molecule has 0 unspecified atom stereocenters. The number of hydrogen-bond donors (Lipinski definition) is 7. The van der Waals surface area contributed by atoms with Gasteiger partial charge in [0.15, 0.2) is 0 Å². The van der Waals surface area contributed by atoms with Crippen LogP contribution in [-0.2, 0) is 64.2 Å². The van der Waals surface area contributed by atoms with Gasteiger partial charge in [-0.1, -0.05) is 44.0 Å². The molecule has 107 heavy (non-hydrogen) atoms. The number of aromatic carboxylic acids is 1. The van der Waals surface area contributed by atoms with Gasteiger partial charge in [-0.3, -0.25) is 62.9 Å². The first-order valence-corrected chi connectivity index (χ1v) is 39.3. The first-order chi connectivity index (χ1) is 50.0. The van der Waals surface area contributed by atoms with E-state index in [0.717, 1.165) is 24.0 Å². The number of carboxylic acids is 1. The Balaban J connectivity index is 1.30. The van der Waals surface area contributed by atoms with E-state index in [0.29, 0.717) is 137 Å². The number of nitrogens with one attached hydrogen (secondary N) is 6. The average molecular weight is 1520 g/mol. The minimum absolute atomic E-state index is 0.0151. The summed E-state index contributed by atoms with van der Waals surface area (Å²) in [4.78, 5) is 136. The maximum absolute atomic E-state index is 14.6. The van der Waals surface area contributed by atoms with Crippen LogP contribution in [-0.4, -0.2) is 251 Å². The van der Waals surface area contributed by atoms with Crippen LogP contribution in [0.1, 0.15) is 203 Å². The lowest BCUT2D eigenvalue weighted by Gasteiger charge is -2.34. The molecule has 0 radical (unpaired) electrons. The molecule has 2 aliphatic rings. The Hall–Kier alpha value is -7.99. The van der Waals surface area contributed by atoms with E-state index in [1.165, 1.54) is 12.1 Å². The number of carboxylic acid groups (broad SMARTS) is 1. The Bertz CT molecular complexity index is 3650. The maximum Gasteiger partial charge on any atom is 0.336 e. The fourth-order valence-electron chi connectivity index (χ4n) is 12.8. The number of sulfonamides is 1. The number of esters is 3. The van der Waals surface area contributed by atoms with Gasteiger partial charge in [0.05, 0.1) is 36.6 Å². The predicted molar refractivity (Wildman–Crippen MR) is 413 cm³/mol. The summed E-state index contributed by atoms with van der Waals surface area (Å²) >= 11 is 0. The molecule has 0 aromatic heterocycles. The number of ether oxygens (including phenoxy) is 4. The van der Waals surface area contributed by atoms with Crippen molar-refractivity contribution in [1.82, 2.24) is 55.8 Å². The second-order valence-electron chi connectivity index (χ2n) is 31.9. The Morgan fingerprint density at radius 1 is 0.570 bits per heavy atom. The Labute approximate surface area is 634 Å². The van der Waals surface area contributed by atoms with Crippen LogP contribution in [0.3, 0.4) is 0 Å². The van der Waals surface area contributed by atoms with Gasteiger partial charge < -0.3 is 55.5 Å². The molecule has 2 heterocycles. The first kappa shape index (κ1) is 89.6. The van der Waals surface area contributed by atoms with Crippen molar-refractivity contribution in [3.05, 3.63) is 69.8 Å².